The molecule has 0 unspecified atom stereocenters. The van der Waals surface area contributed by atoms with E-state index in [4.69, 9.17) is 0 Å². The molecule has 0 saturated carbocycles. The van der Waals surface area contributed by atoms with Crippen LogP contribution in [-0.4, -0.2) is 44.6 Å². The normalized spacial score (nSPS) is 11.7. The van der Waals surface area contributed by atoms with E-state index >= 15 is 0 Å². The largest absolute Gasteiger partial charge is 0.573 e. The van der Waals surface area contributed by atoms with Crippen LogP contribution < -0.4 is 21.1 Å². The topological polar surface area (TPSA) is 103 Å². The summed E-state index contributed by atoms with van der Waals surface area (Å²) in [7, 11) is 0. The van der Waals surface area contributed by atoms with Crippen LogP contribution >= 0.6 is 0 Å². The Labute approximate surface area is 170 Å². The van der Waals surface area contributed by atoms with Crippen LogP contribution in [0.15, 0.2) is 41.3 Å². The fraction of sp³-hybridized carbons (Fsp3) is 0.294. The lowest BCUT2D eigenvalue weighted by Gasteiger charge is -2.09. The van der Waals surface area contributed by atoms with E-state index in [2.05, 4.69) is 25.6 Å². The smallest absolute Gasteiger partial charge is 0.406 e. The third-order valence-electron chi connectivity index (χ3n) is 3.87. The number of aromatic nitrogens is 4. The maximum absolute atomic E-state index is 12.4. The molecule has 2 aromatic heterocycles. The minimum atomic E-state index is -4.80. The van der Waals surface area contributed by atoms with Crippen LogP contribution in [0.2, 0.25) is 0 Å². The number of carbonyl (C=O) groups is 1. The molecule has 2 N–H and O–H groups in total. The number of carbonyl (C=O) groups excluding carboxylic acids is 1. The average Bonchev–Trinajstić information content (AvgIpc) is 3.01. The maximum Gasteiger partial charge on any atom is 0.573 e. The van der Waals surface area contributed by atoms with E-state index < -0.39 is 43.2 Å². The number of anilines is 1. The number of amides is 1. The molecule has 9 nitrogen and oxygen atoms in total. The van der Waals surface area contributed by atoms with Crippen LogP contribution in [0.1, 0.15) is 5.56 Å². The van der Waals surface area contributed by atoms with Gasteiger partial charge in [-0.25, -0.2) is 18.3 Å². The number of hydrogen-bond acceptors (Lipinski definition) is 6. The standard InChI is InChI=1S/C17H15F5N6O3/c18-13(19)8-23-12-5-6-25-28-15(12)26-27(16(28)30)9-14(29)24-7-10-1-3-11(4-2-10)31-17(20,21)22/h1-6,13,23H,7-9H2,(H,24,29). The lowest BCUT2D eigenvalue weighted by atomic mass is 10.2. The maximum atomic E-state index is 12.4. The van der Waals surface area contributed by atoms with Crippen molar-refractivity contribution in [2.75, 3.05) is 11.9 Å². The highest BCUT2D eigenvalue weighted by Gasteiger charge is 2.30. The van der Waals surface area contributed by atoms with E-state index in [1.165, 1.54) is 24.4 Å². The number of fused-ring (bicyclic) bond motifs is 1. The van der Waals surface area contributed by atoms with Crippen LogP contribution in [0.4, 0.5) is 27.6 Å². The second-order valence-corrected chi connectivity index (χ2v) is 6.16. The molecule has 31 heavy (non-hydrogen) atoms. The lowest BCUT2D eigenvalue weighted by molar-refractivity contribution is -0.274. The Morgan fingerprint density at radius 2 is 1.87 bits per heavy atom. The van der Waals surface area contributed by atoms with Crippen molar-refractivity contribution in [2.24, 2.45) is 0 Å². The second kappa shape index (κ2) is 8.97. The molecule has 2 heterocycles. The Kier molecular flexibility index (Phi) is 6.36. The quantitative estimate of drug-likeness (QED) is 0.512. The number of alkyl halides is 5. The highest BCUT2D eigenvalue weighted by atomic mass is 19.4. The van der Waals surface area contributed by atoms with Crippen molar-refractivity contribution >= 4 is 17.2 Å². The number of hydrogen-bond donors (Lipinski definition) is 2. The monoisotopic (exact) mass is 446 g/mol. The first kappa shape index (κ1) is 22.0. The van der Waals surface area contributed by atoms with Crippen LogP contribution in [-0.2, 0) is 17.9 Å². The van der Waals surface area contributed by atoms with Gasteiger partial charge in [0.1, 0.15) is 12.3 Å². The summed E-state index contributed by atoms with van der Waals surface area (Å²) >= 11 is 0. The van der Waals surface area contributed by atoms with Crippen molar-refractivity contribution in [3.8, 4) is 5.75 Å². The Balaban J connectivity index is 1.63. The molecule has 0 saturated heterocycles. The van der Waals surface area contributed by atoms with Crippen LogP contribution in [0, 0.1) is 0 Å². The number of halogens is 5. The fourth-order valence-electron chi connectivity index (χ4n) is 2.55. The summed E-state index contributed by atoms with van der Waals surface area (Å²) in [6, 6.07) is 6.23. The van der Waals surface area contributed by atoms with Gasteiger partial charge in [0.15, 0.2) is 0 Å². The summed E-state index contributed by atoms with van der Waals surface area (Å²) < 4.78 is 66.7. The fourth-order valence-corrected chi connectivity index (χ4v) is 2.55. The molecule has 0 aliphatic carbocycles. The van der Waals surface area contributed by atoms with Crippen LogP contribution in [0.25, 0.3) is 5.65 Å². The average molecular weight is 446 g/mol. The molecule has 14 heteroatoms. The predicted octanol–water partition coefficient (Wildman–Crippen LogP) is 1.78. The van der Waals surface area contributed by atoms with Gasteiger partial charge in [-0.2, -0.15) is 9.61 Å². The van der Waals surface area contributed by atoms with Crippen LogP contribution in [0.5, 0.6) is 5.75 Å². The SMILES string of the molecule is O=C(Cn1nc2c(NCC(F)F)ccnn2c1=O)NCc1ccc(OC(F)(F)F)cc1. The Bertz CT molecular complexity index is 1110. The molecule has 0 atom stereocenters. The van der Waals surface area contributed by atoms with Crippen molar-refractivity contribution in [2.45, 2.75) is 25.9 Å². The molecular weight excluding hydrogens is 431 g/mol. The summed E-state index contributed by atoms with van der Waals surface area (Å²) in [5.74, 6) is -1.01. The van der Waals surface area contributed by atoms with Crippen molar-refractivity contribution in [3.05, 3.63) is 52.6 Å². The van der Waals surface area contributed by atoms with Crippen LogP contribution in [0.3, 0.4) is 0 Å². The van der Waals surface area contributed by atoms with E-state index in [-0.39, 0.29) is 17.9 Å². The van der Waals surface area contributed by atoms with Gasteiger partial charge in [0.2, 0.25) is 11.6 Å². The molecular formula is C17H15F5N6O3. The molecule has 1 aromatic carbocycles. The van der Waals surface area contributed by atoms with E-state index in [1.807, 2.05) is 0 Å². The molecule has 3 aromatic rings. The highest BCUT2D eigenvalue weighted by Crippen LogP contribution is 2.22. The zero-order valence-electron chi connectivity index (χ0n) is 15.6. The van der Waals surface area contributed by atoms with Crippen molar-refractivity contribution in [3.63, 3.8) is 0 Å². The van der Waals surface area contributed by atoms with Gasteiger partial charge < -0.3 is 15.4 Å². The summed E-state index contributed by atoms with van der Waals surface area (Å²) in [6.45, 7) is -1.16. The Morgan fingerprint density at radius 3 is 2.52 bits per heavy atom. The molecule has 3 rings (SSSR count). The number of rotatable bonds is 8. The first-order valence-electron chi connectivity index (χ1n) is 8.70. The molecule has 1 amide bonds. The van der Waals surface area contributed by atoms with Crippen molar-refractivity contribution < 1.29 is 31.5 Å². The van der Waals surface area contributed by atoms with E-state index in [0.29, 0.717) is 5.56 Å². The second-order valence-electron chi connectivity index (χ2n) is 6.16. The summed E-state index contributed by atoms with van der Waals surface area (Å²) in [6.07, 6.45) is -6.21. The predicted molar refractivity (Wildman–Crippen MR) is 96.7 cm³/mol. The van der Waals surface area contributed by atoms with E-state index in [9.17, 15) is 31.5 Å². The molecule has 0 spiro atoms. The summed E-state index contributed by atoms with van der Waals surface area (Å²) in [5.41, 5.74) is -0.140. The van der Waals surface area contributed by atoms with Gasteiger partial charge >= 0.3 is 12.1 Å². The van der Waals surface area contributed by atoms with Gasteiger partial charge in [0, 0.05) is 6.54 Å². The molecule has 0 fully saturated rings. The number of nitrogens with one attached hydrogen (secondary N) is 2. The number of ether oxygens (including phenoxy) is 1. The lowest BCUT2D eigenvalue weighted by Crippen LogP contribution is -2.32. The van der Waals surface area contributed by atoms with Gasteiger partial charge in [-0.05, 0) is 23.8 Å². The molecule has 0 aliphatic rings. The Morgan fingerprint density at radius 1 is 1.16 bits per heavy atom. The molecule has 0 radical (unpaired) electrons. The minimum absolute atomic E-state index is 0.0211. The van der Waals surface area contributed by atoms with Gasteiger partial charge in [-0.3, -0.25) is 4.79 Å². The van der Waals surface area contributed by atoms with Crippen molar-refractivity contribution in [1.82, 2.24) is 24.7 Å². The van der Waals surface area contributed by atoms with Gasteiger partial charge in [0.05, 0.1) is 18.4 Å². The number of nitrogens with zero attached hydrogens (tertiary/aromatic N) is 4. The zero-order chi connectivity index (χ0) is 22.6. The minimum Gasteiger partial charge on any atom is -0.406 e. The Hall–Kier alpha value is -3.71. The molecule has 0 aliphatic heterocycles. The summed E-state index contributed by atoms with van der Waals surface area (Å²) in [4.78, 5) is 24.5. The van der Waals surface area contributed by atoms with Crippen molar-refractivity contribution in [1.29, 1.82) is 0 Å². The molecule has 0 bridgehead atoms. The van der Waals surface area contributed by atoms with Gasteiger partial charge in [0.25, 0.3) is 6.43 Å². The first-order valence-corrected chi connectivity index (χ1v) is 8.70. The molecule has 166 valence electrons. The van der Waals surface area contributed by atoms with E-state index in [0.717, 1.165) is 21.3 Å². The summed E-state index contributed by atoms with van der Waals surface area (Å²) in [5, 5.41) is 12.7. The third kappa shape index (κ3) is 5.90. The van der Waals surface area contributed by atoms with Gasteiger partial charge in [-0.15, -0.1) is 18.3 Å². The first-order chi connectivity index (χ1) is 14.6. The number of benzene rings is 1. The van der Waals surface area contributed by atoms with Gasteiger partial charge in [-0.1, -0.05) is 12.1 Å². The zero-order valence-corrected chi connectivity index (χ0v) is 15.6. The third-order valence-corrected chi connectivity index (χ3v) is 3.87. The van der Waals surface area contributed by atoms with E-state index in [1.54, 1.807) is 0 Å². The highest BCUT2D eigenvalue weighted by molar-refractivity contribution is 5.75.